The lowest BCUT2D eigenvalue weighted by Crippen LogP contribution is -2.15. The summed E-state index contributed by atoms with van der Waals surface area (Å²) in [5.74, 6) is 2.33. The minimum absolute atomic E-state index is 0.116. The Labute approximate surface area is 149 Å². The fourth-order valence-electron chi connectivity index (χ4n) is 2.53. The van der Waals surface area contributed by atoms with Crippen molar-refractivity contribution in [2.24, 2.45) is 0 Å². The SMILES string of the molecule is C#C/C=C/[C@@H](C/C=C\CC)OC(=O)CCCCCCCCCCC. The Bertz CT molecular complexity index is 387. The minimum atomic E-state index is -0.241. The molecule has 0 N–H and O–H groups in total. The number of esters is 1. The van der Waals surface area contributed by atoms with Crippen LogP contribution in [0.1, 0.15) is 90.9 Å². The van der Waals surface area contributed by atoms with E-state index in [1.54, 1.807) is 12.2 Å². The van der Waals surface area contributed by atoms with Crippen molar-refractivity contribution in [2.45, 2.75) is 97.0 Å². The van der Waals surface area contributed by atoms with Crippen LogP contribution in [-0.4, -0.2) is 12.1 Å². The number of carbonyl (C=O) groups excluding carboxylic acids is 1. The molecule has 1 atom stereocenters. The van der Waals surface area contributed by atoms with Crippen LogP contribution in [0.25, 0.3) is 0 Å². The number of hydrogen-bond acceptors (Lipinski definition) is 2. The van der Waals surface area contributed by atoms with Gasteiger partial charge in [-0.1, -0.05) is 83.3 Å². The highest BCUT2D eigenvalue weighted by molar-refractivity contribution is 5.69. The van der Waals surface area contributed by atoms with E-state index >= 15 is 0 Å². The first-order valence-electron chi connectivity index (χ1n) is 9.71. The van der Waals surface area contributed by atoms with Gasteiger partial charge in [-0.05, 0) is 25.0 Å². The summed E-state index contributed by atoms with van der Waals surface area (Å²) in [5.41, 5.74) is 0. The first-order valence-corrected chi connectivity index (χ1v) is 9.71. The van der Waals surface area contributed by atoms with Crippen LogP contribution in [0.3, 0.4) is 0 Å². The normalized spacial score (nSPS) is 12.5. The molecular weight excluding hydrogens is 296 g/mol. The standard InChI is InChI=1S/C22H36O2/c1-4-7-10-11-12-13-14-15-17-20-22(23)24-21(18-9-6-3)19-16-8-5-2/h3,8-9,16,18,21H,4-5,7,10-15,17,19-20H2,1-2H3/b16-8-,18-9+/t21-/m0/s1. The molecule has 2 heteroatoms. The summed E-state index contributed by atoms with van der Waals surface area (Å²) in [6, 6.07) is 0. The highest BCUT2D eigenvalue weighted by atomic mass is 16.5. The van der Waals surface area contributed by atoms with E-state index < -0.39 is 0 Å². The molecule has 0 saturated carbocycles. The molecule has 0 aliphatic heterocycles. The molecule has 0 bridgehead atoms. The summed E-state index contributed by atoms with van der Waals surface area (Å²) < 4.78 is 5.50. The summed E-state index contributed by atoms with van der Waals surface area (Å²) in [7, 11) is 0. The molecular formula is C22H36O2. The Kier molecular flexibility index (Phi) is 16.7. The van der Waals surface area contributed by atoms with Crippen molar-refractivity contribution in [3.63, 3.8) is 0 Å². The predicted molar refractivity (Wildman–Crippen MR) is 104 cm³/mol. The Morgan fingerprint density at radius 2 is 1.62 bits per heavy atom. The topological polar surface area (TPSA) is 26.3 Å². The van der Waals surface area contributed by atoms with Gasteiger partial charge in [-0.15, -0.1) is 6.42 Å². The van der Waals surface area contributed by atoms with Crippen molar-refractivity contribution in [3.05, 3.63) is 24.3 Å². The van der Waals surface area contributed by atoms with E-state index in [-0.39, 0.29) is 12.1 Å². The van der Waals surface area contributed by atoms with Crippen LogP contribution >= 0.6 is 0 Å². The maximum atomic E-state index is 11.9. The smallest absolute Gasteiger partial charge is 0.306 e. The number of ether oxygens (including phenoxy) is 1. The predicted octanol–water partition coefficient (Wildman–Crippen LogP) is 6.36. The molecule has 136 valence electrons. The summed E-state index contributed by atoms with van der Waals surface area (Å²) in [5, 5.41) is 0. The van der Waals surface area contributed by atoms with Crippen LogP contribution in [0.5, 0.6) is 0 Å². The molecule has 0 heterocycles. The largest absolute Gasteiger partial charge is 0.458 e. The highest BCUT2D eigenvalue weighted by Gasteiger charge is 2.09. The molecule has 0 radical (unpaired) electrons. The zero-order chi connectivity index (χ0) is 17.9. The van der Waals surface area contributed by atoms with Gasteiger partial charge in [0, 0.05) is 12.8 Å². The Balaban J connectivity index is 3.78. The molecule has 0 saturated heterocycles. The number of unbranched alkanes of at least 4 members (excludes halogenated alkanes) is 8. The molecule has 0 aliphatic rings. The molecule has 0 aliphatic carbocycles. The van der Waals surface area contributed by atoms with Gasteiger partial charge in [-0.3, -0.25) is 4.79 Å². The van der Waals surface area contributed by atoms with Gasteiger partial charge in [0.05, 0.1) is 0 Å². The second-order valence-corrected chi connectivity index (χ2v) is 6.25. The van der Waals surface area contributed by atoms with Gasteiger partial charge in [0.25, 0.3) is 0 Å². The zero-order valence-corrected chi connectivity index (χ0v) is 15.8. The van der Waals surface area contributed by atoms with E-state index in [0.29, 0.717) is 12.8 Å². The molecule has 24 heavy (non-hydrogen) atoms. The second kappa shape index (κ2) is 17.9. The van der Waals surface area contributed by atoms with Crippen LogP contribution in [0.15, 0.2) is 24.3 Å². The number of rotatable bonds is 15. The summed E-state index contributed by atoms with van der Waals surface area (Å²) in [6.07, 6.45) is 25.9. The van der Waals surface area contributed by atoms with Crippen molar-refractivity contribution in [2.75, 3.05) is 0 Å². The van der Waals surface area contributed by atoms with Crippen molar-refractivity contribution < 1.29 is 9.53 Å². The third-order valence-corrected chi connectivity index (χ3v) is 3.95. The fraction of sp³-hybridized carbons (Fsp3) is 0.682. The highest BCUT2D eigenvalue weighted by Crippen LogP contribution is 2.12. The van der Waals surface area contributed by atoms with Crippen LogP contribution < -0.4 is 0 Å². The van der Waals surface area contributed by atoms with Gasteiger partial charge in [-0.2, -0.15) is 0 Å². The molecule has 0 rings (SSSR count). The Morgan fingerprint density at radius 1 is 1.00 bits per heavy atom. The maximum absolute atomic E-state index is 11.9. The third kappa shape index (κ3) is 15.4. The van der Waals surface area contributed by atoms with Crippen molar-refractivity contribution in [1.29, 1.82) is 0 Å². The number of hydrogen-bond donors (Lipinski definition) is 0. The third-order valence-electron chi connectivity index (χ3n) is 3.95. The van der Waals surface area contributed by atoms with Crippen LogP contribution in [0.2, 0.25) is 0 Å². The maximum Gasteiger partial charge on any atom is 0.306 e. The van der Waals surface area contributed by atoms with Crippen molar-refractivity contribution in [1.82, 2.24) is 0 Å². The molecule has 2 nitrogen and oxygen atoms in total. The number of carbonyl (C=O) groups is 1. The Morgan fingerprint density at radius 3 is 2.21 bits per heavy atom. The van der Waals surface area contributed by atoms with Gasteiger partial charge >= 0.3 is 5.97 Å². The molecule has 0 unspecified atom stereocenters. The van der Waals surface area contributed by atoms with E-state index in [0.717, 1.165) is 19.3 Å². The lowest BCUT2D eigenvalue weighted by atomic mass is 10.1. The van der Waals surface area contributed by atoms with Gasteiger partial charge in [0.15, 0.2) is 0 Å². The van der Waals surface area contributed by atoms with E-state index in [1.807, 2.05) is 6.08 Å². The van der Waals surface area contributed by atoms with Gasteiger partial charge in [-0.25, -0.2) is 0 Å². The second-order valence-electron chi connectivity index (χ2n) is 6.25. The fourth-order valence-corrected chi connectivity index (χ4v) is 2.53. The van der Waals surface area contributed by atoms with E-state index in [2.05, 4.69) is 25.8 Å². The zero-order valence-electron chi connectivity index (χ0n) is 15.8. The van der Waals surface area contributed by atoms with E-state index in [4.69, 9.17) is 11.2 Å². The quantitative estimate of drug-likeness (QED) is 0.151. The van der Waals surface area contributed by atoms with Gasteiger partial charge < -0.3 is 4.74 Å². The average Bonchev–Trinajstić information content (AvgIpc) is 2.58. The average molecular weight is 333 g/mol. The van der Waals surface area contributed by atoms with E-state index in [9.17, 15) is 4.79 Å². The van der Waals surface area contributed by atoms with Crippen molar-refractivity contribution >= 4 is 5.97 Å². The first kappa shape index (κ1) is 22.5. The summed E-state index contributed by atoms with van der Waals surface area (Å²) in [6.45, 7) is 4.32. The molecule has 0 aromatic carbocycles. The first-order chi connectivity index (χ1) is 11.7. The number of allylic oxidation sites excluding steroid dienone is 2. The van der Waals surface area contributed by atoms with Gasteiger partial charge in [0.1, 0.15) is 6.10 Å². The number of terminal acetylenes is 1. The van der Waals surface area contributed by atoms with E-state index in [1.165, 1.54) is 44.9 Å². The van der Waals surface area contributed by atoms with Gasteiger partial charge in [0.2, 0.25) is 0 Å². The molecule has 0 aromatic rings. The van der Waals surface area contributed by atoms with Crippen LogP contribution in [0, 0.1) is 12.3 Å². The molecule has 0 amide bonds. The lowest BCUT2D eigenvalue weighted by molar-refractivity contribution is -0.146. The summed E-state index contributed by atoms with van der Waals surface area (Å²) in [4.78, 5) is 11.9. The molecule has 0 fully saturated rings. The Hall–Kier alpha value is -1.49. The van der Waals surface area contributed by atoms with Crippen LogP contribution in [-0.2, 0) is 9.53 Å². The molecule has 0 aromatic heterocycles. The van der Waals surface area contributed by atoms with Crippen molar-refractivity contribution in [3.8, 4) is 12.3 Å². The minimum Gasteiger partial charge on any atom is -0.458 e. The molecule has 0 spiro atoms. The summed E-state index contributed by atoms with van der Waals surface area (Å²) >= 11 is 0. The monoisotopic (exact) mass is 332 g/mol. The lowest BCUT2D eigenvalue weighted by Gasteiger charge is -2.12. The van der Waals surface area contributed by atoms with Crippen LogP contribution in [0.4, 0.5) is 0 Å².